The first-order chi connectivity index (χ1) is 7.63. The monoisotopic (exact) mass is 302 g/mol. The van der Waals surface area contributed by atoms with Crippen LogP contribution in [0.15, 0.2) is 4.47 Å². The van der Waals surface area contributed by atoms with E-state index in [9.17, 15) is 0 Å². The Hall–Kier alpha value is -0.260. The predicted octanol–water partition coefficient (Wildman–Crippen LogP) is 3.49. The van der Waals surface area contributed by atoms with Crippen molar-refractivity contribution in [2.75, 3.05) is 7.11 Å². The molecule has 0 atom stereocenters. The lowest BCUT2D eigenvalue weighted by Crippen LogP contribution is -2.38. The van der Waals surface area contributed by atoms with Gasteiger partial charge < -0.3 is 9.72 Å². The number of nitrogens with one attached hydrogen (secondary N) is 1. The van der Waals surface area contributed by atoms with Crippen molar-refractivity contribution in [3.05, 3.63) is 20.6 Å². The van der Waals surface area contributed by atoms with Crippen LogP contribution in [0.3, 0.4) is 0 Å². The molecule has 1 heterocycles. The van der Waals surface area contributed by atoms with Crippen molar-refractivity contribution in [1.82, 2.24) is 9.97 Å². The molecule has 88 valence electrons. The van der Waals surface area contributed by atoms with Gasteiger partial charge in [0.05, 0.1) is 4.47 Å². The minimum Gasteiger partial charge on any atom is -0.370 e. The summed E-state index contributed by atoms with van der Waals surface area (Å²) in [6.07, 6.45) is 4.13. The van der Waals surface area contributed by atoms with Gasteiger partial charge in [-0.2, -0.15) is 0 Å². The van der Waals surface area contributed by atoms with Crippen LogP contribution in [0, 0.1) is 4.64 Å². The SMILES string of the molecule is CCc1[nH]c(C2(OC)CCC2)nc(=S)c1Br. The van der Waals surface area contributed by atoms with Crippen molar-refractivity contribution in [1.29, 1.82) is 0 Å². The number of nitrogens with zero attached hydrogens (tertiary/aromatic N) is 1. The quantitative estimate of drug-likeness (QED) is 0.869. The summed E-state index contributed by atoms with van der Waals surface area (Å²) in [6.45, 7) is 2.09. The molecule has 1 aromatic rings. The minimum absolute atomic E-state index is 0.224. The lowest BCUT2D eigenvalue weighted by molar-refractivity contribution is -0.0848. The number of hydrogen-bond acceptors (Lipinski definition) is 3. The summed E-state index contributed by atoms with van der Waals surface area (Å²) in [6, 6.07) is 0. The Morgan fingerprint density at radius 1 is 1.56 bits per heavy atom. The Balaban J connectivity index is 2.50. The molecule has 0 aromatic carbocycles. The fraction of sp³-hybridized carbons (Fsp3) is 0.636. The molecular formula is C11H15BrN2OS. The van der Waals surface area contributed by atoms with Crippen molar-refractivity contribution in [3.63, 3.8) is 0 Å². The van der Waals surface area contributed by atoms with Crippen molar-refractivity contribution < 1.29 is 4.74 Å². The van der Waals surface area contributed by atoms with Crippen LogP contribution >= 0.6 is 28.1 Å². The molecule has 1 aliphatic rings. The van der Waals surface area contributed by atoms with Gasteiger partial charge in [-0.1, -0.05) is 19.1 Å². The zero-order valence-electron chi connectivity index (χ0n) is 9.47. The molecule has 0 bridgehead atoms. The molecular weight excluding hydrogens is 288 g/mol. The lowest BCUT2D eigenvalue weighted by atomic mass is 9.79. The fourth-order valence-corrected chi connectivity index (χ4v) is 2.68. The Morgan fingerprint density at radius 2 is 2.25 bits per heavy atom. The third-order valence-electron chi connectivity index (χ3n) is 3.27. The number of hydrogen-bond donors (Lipinski definition) is 1. The topological polar surface area (TPSA) is 37.9 Å². The summed E-state index contributed by atoms with van der Waals surface area (Å²) in [5.41, 5.74) is 0.872. The maximum absolute atomic E-state index is 5.60. The highest BCUT2D eigenvalue weighted by Gasteiger charge is 2.41. The first-order valence-corrected chi connectivity index (χ1v) is 6.67. The molecule has 3 nitrogen and oxygen atoms in total. The van der Waals surface area contributed by atoms with Gasteiger partial charge in [0.1, 0.15) is 16.1 Å². The van der Waals surface area contributed by atoms with Gasteiger partial charge in [-0.15, -0.1) is 0 Å². The Labute approximate surface area is 109 Å². The summed E-state index contributed by atoms with van der Waals surface area (Å²) in [5, 5.41) is 0. The molecule has 16 heavy (non-hydrogen) atoms. The van der Waals surface area contributed by atoms with Gasteiger partial charge >= 0.3 is 0 Å². The summed E-state index contributed by atoms with van der Waals surface area (Å²) >= 11 is 8.71. The fourth-order valence-electron chi connectivity index (χ4n) is 2.00. The first-order valence-electron chi connectivity index (χ1n) is 5.47. The van der Waals surface area contributed by atoms with E-state index < -0.39 is 0 Å². The van der Waals surface area contributed by atoms with Gasteiger partial charge in [-0.25, -0.2) is 4.98 Å². The zero-order chi connectivity index (χ0) is 11.8. The van der Waals surface area contributed by atoms with Crippen LogP contribution in [0.4, 0.5) is 0 Å². The maximum Gasteiger partial charge on any atom is 0.144 e. The van der Waals surface area contributed by atoms with Gasteiger partial charge in [0, 0.05) is 12.8 Å². The summed E-state index contributed by atoms with van der Waals surface area (Å²) in [7, 11) is 1.74. The van der Waals surface area contributed by atoms with Crippen LogP contribution in [0.2, 0.25) is 0 Å². The van der Waals surface area contributed by atoms with Gasteiger partial charge in [-0.05, 0) is 41.6 Å². The van der Waals surface area contributed by atoms with E-state index in [2.05, 4.69) is 32.8 Å². The molecule has 0 radical (unpaired) electrons. The molecule has 2 rings (SSSR count). The van der Waals surface area contributed by atoms with Gasteiger partial charge in [0.15, 0.2) is 0 Å². The van der Waals surface area contributed by atoms with Gasteiger partial charge in [0.2, 0.25) is 0 Å². The Bertz CT molecular complexity index is 448. The lowest BCUT2D eigenvalue weighted by Gasteiger charge is -2.39. The number of halogens is 1. The third kappa shape index (κ3) is 1.85. The average molecular weight is 303 g/mol. The highest BCUT2D eigenvalue weighted by molar-refractivity contribution is 9.10. The van der Waals surface area contributed by atoms with E-state index >= 15 is 0 Å². The average Bonchev–Trinajstić information content (AvgIpc) is 2.22. The van der Waals surface area contributed by atoms with Crippen molar-refractivity contribution >= 4 is 28.1 Å². The van der Waals surface area contributed by atoms with Crippen molar-refractivity contribution in [3.8, 4) is 0 Å². The Kier molecular flexibility index (Phi) is 3.47. The smallest absolute Gasteiger partial charge is 0.144 e. The molecule has 5 heteroatoms. The predicted molar refractivity (Wildman–Crippen MR) is 69.0 cm³/mol. The van der Waals surface area contributed by atoms with E-state index in [1.807, 2.05) is 0 Å². The van der Waals surface area contributed by atoms with E-state index in [1.165, 1.54) is 6.42 Å². The molecule has 0 spiro atoms. The second-order valence-corrected chi connectivity index (χ2v) is 5.27. The molecule has 1 fully saturated rings. The van der Waals surface area contributed by atoms with Crippen molar-refractivity contribution in [2.24, 2.45) is 0 Å². The van der Waals surface area contributed by atoms with Crippen LogP contribution in [0.25, 0.3) is 0 Å². The molecule has 0 aliphatic heterocycles. The molecule has 1 N–H and O–H groups in total. The number of aromatic nitrogens is 2. The second kappa shape index (κ2) is 4.55. The number of rotatable bonds is 3. The number of H-pyrrole nitrogens is 1. The van der Waals surface area contributed by atoms with Crippen LogP contribution in [0.5, 0.6) is 0 Å². The van der Waals surface area contributed by atoms with E-state index in [0.29, 0.717) is 4.64 Å². The number of aryl methyl sites for hydroxylation is 1. The number of methoxy groups -OCH3 is 1. The molecule has 0 saturated heterocycles. The van der Waals surface area contributed by atoms with Crippen LogP contribution < -0.4 is 0 Å². The largest absolute Gasteiger partial charge is 0.370 e. The molecule has 0 unspecified atom stereocenters. The summed E-state index contributed by atoms with van der Waals surface area (Å²) in [4.78, 5) is 7.78. The van der Waals surface area contributed by atoms with Crippen LogP contribution in [-0.2, 0) is 16.8 Å². The second-order valence-electron chi connectivity index (χ2n) is 4.09. The normalized spacial score (nSPS) is 18.2. The molecule has 0 amide bonds. The molecule has 1 aliphatic carbocycles. The zero-order valence-corrected chi connectivity index (χ0v) is 11.9. The van der Waals surface area contributed by atoms with E-state index in [4.69, 9.17) is 17.0 Å². The van der Waals surface area contributed by atoms with Gasteiger partial charge in [-0.3, -0.25) is 0 Å². The van der Waals surface area contributed by atoms with Gasteiger partial charge in [0.25, 0.3) is 0 Å². The summed E-state index contributed by atoms with van der Waals surface area (Å²) in [5.74, 6) is 0.881. The van der Waals surface area contributed by atoms with Crippen LogP contribution in [0.1, 0.15) is 37.7 Å². The minimum atomic E-state index is -0.224. The maximum atomic E-state index is 5.60. The third-order valence-corrected chi connectivity index (χ3v) is 4.68. The highest BCUT2D eigenvalue weighted by Crippen LogP contribution is 2.42. The Morgan fingerprint density at radius 3 is 2.69 bits per heavy atom. The van der Waals surface area contributed by atoms with E-state index in [-0.39, 0.29) is 5.60 Å². The first kappa shape index (κ1) is 12.2. The highest BCUT2D eigenvalue weighted by atomic mass is 79.9. The number of aromatic amines is 1. The summed E-state index contributed by atoms with van der Waals surface area (Å²) < 4.78 is 7.12. The number of ether oxygens (including phenoxy) is 1. The molecule has 1 saturated carbocycles. The van der Waals surface area contributed by atoms with E-state index in [0.717, 1.165) is 35.3 Å². The van der Waals surface area contributed by atoms with Crippen molar-refractivity contribution in [2.45, 2.75) is 38.2 Å². The van der Waals surface area contributed by atoms with E-state index in [1.54, 1.807) is 7.11 Å². The van der Waals surface area contributed by atoms with Crippen LogP contribution in [-0.4, -0.2) is 17.1 Å². The standard InChI is InChI=1S/C11H15BrN2OS/c1-3-7-8(12)9(16)14-10(13-7)11(15-2)5-4-6-11/h3-6H2,1-2H3,(H,13,14,16). The molecule has 1 aromatic heterocycles.